The van der Waals surface area contributed by atoms with E-state index in [1.54, 1.807) is 11.9 Å². The van der Waals surface area contributed by atoms with Crippen LogP contribution >= 0.6 is 0 Å². The van der Waals surface area contributed by atoms with Gasteiger partial charge < -0.3 is 19.9 Å². The largest absolute Gasteiger partial charge is 0.371 e. The fourth-order valence-electron chi connectivity index (χ4n) is 2.71. The normalized spacial score (nSPS) is 23.6. The zero-order valence-corrected chi connectivity index (χ0v) is 12.0. The maximum Gasteiger partial charge on any atom is 0.247 e. The zero-order chi connectivity index (χ0) is 14.8. The average Bonchev–Trinajstić information content (AvgIpc) is 2.52. The SMILES string of the molecule is CN1CC(=O)N(c2ccccc2C2CNCCO2)CC1=O. The molecule has 1 unspecified atom stereocenters. The van der Waals surface area contributed by atoms with Crippen LogP contribution in [-0.4, -0.2) is 56.5 Å². The molecule has 21 heavy (non-hydrogen) atoms. The molecule has 0 aromatic heterocycles. The number of carbonyl (C=O) groups is 2. The van der Waals surface area contributed by atoms with Crippen LogP contribution in [0.4, 0.5) is 5.69 Å². The van der Waals surface area contributed by atoms with Crippen molar-refractivity contribution < 1.29 is 14.3 Å². The van der Waals surface area contributed by atoms with Gasteiger partial charge in [0.05, 0.1) is 24.9 Å². The second-order valence-electron chi connectivity index (χ2n) is 5.35. The first-order valence-electron chi connectivity index (χ1n) is 7.12. The topological polar surface area (TPSA) is 61.9 Å². The predicted molar refractivity (Wildman–Crippen MR) is 78.0 cm³/mol. The number of nitrogens with zero attached hydrogens (tertiary/aromatic N) is 2. The lowest BCUT2D eigenvalue weighted by Gasteiger charge is -2.34. The minimum atomic E-state index is -0.0856. The highest BCUT2D eigenvalue weighted by atomic mass is 16.5. The molecule has 2 heterocycles. The van der Waals surface area contributed by atoms with Crippen LogP contribution in [-0.2, 0) is 14.3 Å². The van der Waals surface area contributed by atoms with Crippen molar-refractivity contribution in [1.29, 1.82) is 0 Å². The number of amides is 2. The van der Waals surface area contributed by atoms with E-state index in [2.05, 4.69) is 5.32 Å². The number of hydrogen-bond donors (Lipinski definition) is 1. The van der Waals surface area contributed by atoms with Gasteiger partial charge in [-0.2, -0.15) is 0 Å². The summed E-state index contributed by atoms with van der Waals surface area (Å²) in [6.07, 6.45) is -0.0856. The summed E-state index contributed by atoms with van der Waals surface area (Å²) >= 11 is 0. The van der Waals surface area contributed by atoms with Crippen LogP contribution in [0.3, 0.4) is 0 Å². The molecule has 1 atom stereocenters. The second-order valence-corrected chi connectivity index (χ2v) is 5.35. The molecular weight excluding hydrogens is 270 g/mol. The molecule has 0 aliphatic carbocycles. The Balaban J connectivity index is 1.91. The molecular formula is C15H19N3O3. The Kier molecular flexibility index (Phi) is 3.90. The van der Waals surface area contributed by atoms with E-state index >= 15 is 0 Å². The summed E-state index contributed by atoms with van der Waals surface area (Å²) in [4.78, 5) is 27.2. The minimum absolute atomic E-state index is 0.0490. The number of morpholine rings is 1. The highest BCUT2D eigenvalue weighted by Gasteiger charge is 2.31. The van der Waals surface area contributed by atoms with Crippen molar-refractivity contribution in [2.24, 2.45) is 0 Å². The highest BCUT2D eigenvalue weighted by Crippen LogP contribution is 2.30. The van der Waals surface area contributed by atoms with Gasteiger partial charge in [0.2, 0.25) is 11.8 Å². The van der Waals surface area contributed by atoms with Gasteiger partial charge >= 0.3 is 0 Å². The molecule has 6 nitrogen and oxygen atoms in total. The molecule has 1 aromatic carbocycles. The molecule has 0 spiro atoms. The van der Waals surface area contributed by atoms with Crippen molar-refractivity contribution in [1.82, 2.24) is 10.2 Å². The molecule has 2 aliphatic rings. The van der Waals surface area contributed by atoms with Gasteiger partial charge in [-0.15, -0.1) is 0 Å². The number of piperazine rings is 1. The van der Waals surface area contributed by atoms with Crippen LogP contribution in [0, 0.1) is 0 Å². The third kappa shape index (κ3) is 2.77. The molecule has 2 saturated heterocycles. The first-order valence-corrected chi connectivity index (χ1v) is 7.12. The van der Waals surface area contributed by atoms with Crippen LogP contribution < -0.4 is 10.2 Å². The summed E-state index contributed by atoms with van der Waals surface area (Å²) in [5, 5.41) is 3.29. The molecule has 3 rings (SSSR count). The lowest BCUT2D eigenvalue weighted by atomic mass is 10.0. The van der Waals surface area contributed by atoms with Gasteiger partial charge in [-0.05, 0) is 6.07 Å². The number of likely N-dealkylation sites (N-methyl/N-ethyl adjacent to an activating group) is 1. The van der Waals surface area contributed by atoms with E-state index in [4.69, 9.17) is 4.74 Å². The molecule has 0 radical (unpaired) electrons. The lowest BCUT2D eigenvalue weighted by molar-refractivity contribution is -0.136. The lowest BCUT2D eigenvalue weighted by Crippen LogP contribution is -2.52. The molecule has 6 heteroatoms. The number of rotatable bonds is 2. The van der Waals surface area contributed by atoms with Crippen LogP contribution in [0.1, 0.15) is 11.7 Å². The number of para-hydroxylation sites is 1. The summed E-state index contributed by atoms with van der Waals surface area (Å²) in [7, 11) is 1.65. The number of ether oxygens (including phenoxy) is 1. The highest BCUT2D eigenvalue weighted by molar-refractivity contribution is 6.04. The van der Waals surface area contributed by atoms with Crippen molar-refractivity contribution >= 4 is 17.5 Å². The number of carbonyl (C=O) groups excluding carboxylic acids is 2. The maximum absolute atomic E-state index is 12.3. The number of hydrogen-bond acceptors (Lipinski definition) is 4. The summed E-state index contributed by atoms with van der Waals surface area (Å²) in [5.74, 6) is -0.111. The zero-order valence-electron chi connectivity index (χ0n) is 12.0. The van der Waals surface area contributed by atoms with E-state index in [1.807, 2.05) is 24.3 Å². The van der Waals surface area contributed by atoms with E-state index in [0.29, 0.717) is 13.2 Å². The fraction of sp³-hybridized carbons (Fsp3) is 0.467. The van der Waals surface area contributed by atoms with Crippen molar-refractivity contribution in [3.8, 4) is 0 Å². The van der Waals surface area contributed by atoms with Gasteiger partial charge in [0, 0.05) is 25.7 Å². The van der Waals surface area contributed by atoms with Gasteiger partial charge in [-0.25, -0.2) is 0 Å². The Morgan fingerprint density at radius 2 is 2.00 bits per heavy atom. The van der Waals surface area contributed by atoms with Crippen molar-refractivity contribution in [2.45, 2.75) is 6.10 Å². The smallest absolute Gasteiger partial charge is 0.247 e. The fourth-order valence-corrected chi connectivity index (χ4v) is 2.71. The summed E-state index contributed by atoms with van der Waals surface area (Å²) in [6, 6.07) is 7.65. The van der Waals surface area contributed by atoms with E-state index in [-0.39, 0.29) is 31.0 Å². The quantitative estimate of drug-likeness (QED) is 0.842. The van der Waals surface area contributed by atoms with Crippen LogP contribution in [0.25, 0.3) is 0 Å². The third-order valence-corrected chi connectivity index (χ3v) is 3.89. The van der Waals surface area contributed by atoms with Crippen molar-refractivity contribution in [2.75, 3.05) is 44.7 Å². The van der Waals surface area contributed by atoms with E-state index in [9.17, 15) is 9.59 Å². The Labute approximate surface area is 123 Å². The molecule has 2 aliphatic heterocycles. The Hall–Kier alpha value is -1.92. The van der Waals surface area contributed by atoms with Gasteiger partial charge in [0.25, 0.3) is 0 Å². The predicted octanol–water partition coefficient (Wildman–Crippen LogP) is 0.152. The van der Waals surface area contributed by atoms with Crippen LogP contribution in [0.2, 0.25) is 0 Å². The standard InChI is InChI=1S/C15H19N3O3/c1-17-9-15(20)18(10-14(17)19)12-5-3-2-4-11(12)13-8-16-6-7-21-13/h2-5,13,16H,6-10H2,1H3. The Bertz CT molecular complexity index is 555. The van der Waals surface area contributed by atoms with Crippen molar-refractivity contribution in [3.05, 3.63) is 29.8 Å². The summed E-state index contributed by atoms with van der Waals surface area (Å²) < 4.78 is 5.78. The molecule has 0 saturated carbocycles. The number of benzene rings is 1. The monoisotopic (exact) mass is 289 g/mol. The van der Waals surface area contributed by atoms with Gasteiger partial charge in [-0.3, -0.25) is 9.59 Å². The average molecular weight is 289 g/mol. The minimum Gasteiger partial charge on any atom is -0.371 e. The summed E-state index contributed by atoms with van der Waals surface area (Å²) in [6.45, 7) is 2.41. The van der Waals surface area contributed by atoms with Crippen LogP contribution in [0.15, 0.2) is 24.3 Å². The van der Waals surface area contributed by atoms with Gasteiger partial charge in [0.15, 0.2) is 0 Å². The van der Waals surface area contributed by atoms with Crippen molar-refractivity contribution in [3.63, 3.8) is 0 Å². The third-order valence-electron chi connectivity index (χ3n) is 3.89. The maximum atomic E-state index is 12.3. The van der Waals surface area contributed by atoms with E-state index in [0.717, 1.165) is 17.8 Å². The molecule has 112 valence electrons. The van der Waals surface area contributed by atoms with E-state index in [1.165, 1.54) is 4.90 Å². The first kappa shape index (κ1) is 14.0. The number of nitrogens with one attached hydrogen (secondary N) is 1. The Morgan fingerprint density at radius 3 is 2.76 bits per heavy atom. The molecule has 2 amide bonds. The Morgan fingerprint density at radius 1 is 1.19 bits per heavy atom. The van der Waals surface area contributed by atoms with Gasteiger partial charge in [0.1, 0.15) is 6.54 Å². The molecule has 0 bridgehead atoms. The number of anilines is 1. The van der Waals surface area contributed by atoms with Gasteiger partial charge in [-0.1, -0.05) is 18.2 Å². The molecule has 1 aromatic rings. The van der Waals surface area contributed by atoms with Crippen LogP contribution in [0.5, 0.6) is 0 Å². The second kappa shape index (κ2) is 5.83. The molecule has 2 fully saturated rings. The first-order chi connectivity index (χ1) is 10.2. The molecule has 1 N–H and O–H groups in total. The summed E-state index contributed by atoms with van der Waals surface area (Å²) in [5.41, 5.74) is 1.73. The van der Waals surface area contributed by atoms with E-state index < -0.39 is 0 Å².